The maximum absolute atomic E-state index is 6.10. The highest BCUT2D eigenvalue weighted by Gasteiger charge is 2.11. The van der Waals surface area contributed by atoms with Gasteiger partial charge in [-0.3, -0.25) is 0 Å². The number of rotatable bonds is 1. The van der Waals surface area contributed by atoms with Gasteiger partial charge < -0.3 is 5.73 Å². The zero-order valence-electron chi connectivity index (χ0n) is 8.05. The van der Waals surface area contributed by atoms with E-state index in [4.69, 9.17) is 40.5 Å². The Labute approximate surface area is 108 Å². The van der Waals surface area contributed by atoms with Crippen LogP contribution in [0.3, 0.4) is 0 Å². The topological polar surface area (TPSA) is 38.9 Å². The average Bonchev–Trinajstić information content (AvgIpc) is 2.27. The van der Waals surface area contributed by atoms with E-state index in [1.165, 1.54) is 0 Å². The Morgan fingerprint density at radius 2 is 1.62 bits per heavy atom. The summed E-state index contributed by atoms with van der Waals surface area (Å²) in [6.45, 7) is 0. The molecule has 2 N–H and O–H groups in total. The molecular formula is C11H7Cl3N2. The van der Waals surface area contributed by atoms with E-state index in [-0.39, 0.29) is 5.15 Å². The first-order valence-electron chi connectivity index (χ1n) is 4.45. The van der Waals surface area contributed by atoms with Crippen molar-refractivity contribution in [1.82, 2.24) is 4.98 Å². The normalized spacial score (nSPS) is 10.4. The maximum atomic E-state index is 6.10. The lowest BCUT2D eigenvalue weighted by molar-refractivity contribution is 1.33. The molecule has 0 bridgehead atoms. The van der Waals surface area contributed by atoms with Crippen LogP contribution < -0.4 is 5.73 Å². The van der Waals surface area contributed by atoms with Crippen LogP contribution in [0.2, 0.25) is 15.2 Å². The average molecular weight is 274 g/mol. The molecule has 0 radical (unpaired) electrons. The van der Waals surface area contributed by atoms with Crippen LogP contribution in [0.4, 0.5) is 5.69 Å². The lowest BCUT2D eigenvalue weighted by Crippen LogP contribution is -1.90. The Hall–Kier alpha value is -0.960. The van der Waals surface area contributed by atoms with Crippen molar-refractivity contribution in [3.05, 3.63) is 45.7 Å². The highest BCUT2D eigenvalue weighted by molar-refractivity contribution is 6.43. The van der Waals surface area contributed by atoms with Crippen molar-refractivity contribution < 1.29 is 0 Å². The SMILES string of the molecule is Nc1cccc(-c2ccnc(Cl)c2Cl)c1Cl. The van der Waals surface area contributed by atoms with Crippen LogP contribution in [-0.2, 0) is 0 Å². The van der Waals surface area contributed by atoms with Crippen LogP contribution >= 0.6 is 34.8 Å². The van der Waals surface area contributed by atoms with E-state index in [2.05, 4.69) is 4.98 Å². The minimum atomic E-state index is 0.248. The molecule has 0 aliphatic rings. The Kier molecular flexibility index (Phi) is 3.24. The molecular weight excluding hydrogens is 266 g/mol. The van der Waals surface area contributed by atoms with Gasteiger partial charge in [-0.25, -0.2) is 4.98 Å². The van der Waals surface area contributed by atoms with Gasteiger partial charge in [-0.2, -0.15) is 0 Å². The number of pyridine rings is 1. The fraction of sp³-hybridized carbons (Fsp3) is 0. The number of hydrogen-bond acceptors (Lipinski definition) is 2. The predicted octanol–water partition coefficient (Wildman–Crippen LogP) is 4.29. The molecule has 0 aliphatic heterocycles. The number of nitrogen functional groups attached to an aromatic ring is 1. The fourth-order valence-electron chi connectivity index (χ4n) is 1.38. The van der Waals surface area contributed by atoms with Gasteiger partial charge in [0.05, 0.1) is 15.7 Å². The molecule has 0 saturated heterocycles. The Morgan fingerprint density at radius 3 is 2.38 bits per heavy atom. The van der Waals surface area contributed by atoms with Gasteiger partial charge in [0, 0.05) is 17.3 Å². The third kappa shape index (κ3) is 1.96. The van der Waals surface area contributed by atoms with E-state index in [1.54, 1.807) is 24.4 Å². The summed E-state index contributed by atoms with van der Waals surface area (Å²) in [5.74, 6) is 0. The second-order valence-electron chi connectivity index (χ2n) is 3.17. The van der Waals surface area contributed by atoms with E-state index >= 15 is 0 Å². The summed E-state index contributed by atoms with van der Waals surface area (Å²) in [4.78, 5) is 3.88. The first-order chi connectivity index (χ1) is 7.61. The van der Waals surface area contributed by atoms with Crippen LogP contribution in [0, 0.1) is 0 Å². The maximum Gasteiger partial charge on any atom is 0.148 e. The Bertz CT molecular complexity index is 491. The molecule has 82 valence electrons. The van der Waals surface area contributed by atoms with Crippen LogP contribution in [0.1, 0.15) is 0 Å². The van der Waals surface area contributed by atoms with Crippen LogP contribution in [0.25, 0.3) is 11.1 Å². The van der Waals surface area contributed by atoms with E-state index in [1.807, 2.05) is 6.07 Å². The Morgan fingerprint density at radius 1 is 0.938 bits per heavy atom. The summed E-state index contributed by atoms with van der Waals surface area (Å²) in [6, 6.07) is 7.11. The van der Waals surface area contributed by atoms with Gasteiger partial charge in [-0.05, 0) is 12.1 Å². The van der Waals surface area contributed by atoms with E-state index < -0.39 is 0 Å². The molecule has 5 heteroatoms. The molecule has 2 rings (SSSR count). The van der Waals surface area contributed by atoms with E-state index in [9.17, 15) is 0 Å². The zero-order chi connectivity index (χ0) is 11.7. The first-order valence-corrected chi connectivity index (χ1v) is 5.59. The van der Waals surface area contributed by atoms with E-state index in [0.717, 1.165) is 11.1 Å². The summed E-state index contributed by atoms with van der Waals surface area (Å²) in [5, 5.41) is 1.08. The van der Waals surface area contributed by atoms with Gasteiger partial charge in [0.2, 0.25) is 0 Å². The molecule has 0 amide bonds. The van der Waals surface area contributed by atoms with E-state index in [0.29, 0.717) is 15.7 Å². The quantitative estimate of drug-likeness (QED) is 0.622. The minimum Gasteiger partial charge on any atom is -0.398 e. The molecule has 0 saturated carbocycles. The summed E-state index contributed by atoms with van der Waals surface area (Å²) < 4.78 is 0. The second kappa shape index (κ2) is 4.50. The van der Waals surface area contributed by atoms with Crippen molar-refractivity contribution in [2.45, 2.75) is 0 Å². The van der Waals surface area contributed by atoms with Gasteiger partial charge in [-0.1, -0.05) is 46.9 Å². The van der Waals surface area contributed by atoms with Gasteiger partial charge in [0.15, 0.2) is 0 Å². The third-order valence-electron chi connectivity index (χ3n) is 2.17. The van der Waals surface area contributed by atoms with Crippen molar-refractivity contribution in [3.8, 4) is 11.1 Å². The summed E-state index contributed by atoms with van der Waals surface area (Å²) in [5.41, 5.74) is 7.69. The lowest BCUT2D eigenvalue weighted by Gasteiger charge is -2.08. The van der Waals surface area contributed by atoms with Crippen LogP contribution in [0.5, 0.6) is 0 Å². The number of aromatic nitrogens is 1. The molecule has 0 unspecified atom stereocenters. The van der Waals surface area contributed by atoms with Gasteiger partial charge in [0.25, 0.3) is 0 Å². The molecule has 1 aromatic heterocycles. The smallest absolute Gasteiger partial charge is 0.148 e. The molecule has 16 heavy (non-hydrogen) atoms. The first kappa shape index (κ1) is 11.5. The van der Waals surface area contributed by atoms with Crippen molar-refractivity contribution in [2.24, 2.45) is 0 Å². The zero-order valence-corrected chi connectivity index (χ0v) is 10.3. The molecule has 1 heterocycles. The monoisotopic (exact) mass is 272 g/mol. The van der Waals surface area contributed by atoms with Gasteiger partial charge in [0.1, 0.15) is 5.15 Å². The number of nitrogens with two attached hydrogens (primary N) is 1. The number of nitrogens with zero attached hydrogens (tertiary/aromatic N) is 1. The lowest BCUT2D eigenvalue weighted by atomic mass is 10.1. The van der Waals surface area contributed by atoms with Crippen LogP contribution in [0.15, 0.2) is 30.5 Å². The minimum absolute atomic E-state index is 0.248. The predicted molar refractivity (Wildman–Crippen MR) is 69.1 cm³/mol. The molecule has 0 spiro atoms. The van der Waals surface area contributed by atoms with Crippen LogP contribution in [-0.4, -0.2) is 4.98 Å². The van der Waals surface area contributed by atoms with Crippen molar-refractivity contribution in [1.29, 1.82) is 0 Å². The third-order valence-corrected chi connectivity index (χ3v) is 3.35. The number of hydrogen-bond donors (Lipinski definition) is 1. The Balaban J connectivity index is 2.68. The van der Waals surface area contributed by atoms with Gasteiger partial charge in [-0.15, -0.1) is 0 Å². The molecule has 2 aromatic rings. The fourth-order valence-corrected chi connectivity index (χ4v) is 1.98. The summed E-state index contributed by atoms with van der Waals surface area (Å²) in [7, 11) is 0. The molecule has 0 atom stereocenters. The van der Waals surface area contributed by atoms with Crippen molar-refractivity contribution >= 4 is 40.5 Å². The molecule has 0 fully saturated rings. The molecule has 0 aliphatic carbocycles. The number of halogens is 3. The van der Waals surface area contributed by atoms with Gasteiger partial charge >= 0.3 is 0 Å². The van der Waals surface area contributed by atoms with Crippen molar-refractivity contribution in [2.75, 3.05) is 5.73 Å². The second-order valence-corrected chi connectivity index (χ2v) is 4.29. The van der Waals surface area contributed by atoms with Crippen molar-refractivity contribution in [3.63, 3.8) is 0 Å². The highest BCUT2D eigenvalue weighted by Crippen LogP contribution is 2.37. The standard InChI is InChI=1S/C11H7Cl3N2/c12-9-6(2-1-3-8(9)15)7-4-5-16-11(14)10(7)13/h1-5H,15H2. The summed E-state index contributed by atoms with van der Waals surface area (Å²) >= 11 is 18.0. The number of benzene rings is 1. The highest BCUT2D eigenvalue weighted by atomic mass is 35.5. The summed E-state index contributed by atoms with van der Waals surface area (Å²) in [6.07, 6.45) is 1.57. The largest absolute Gasteiger partial charge is 0.398 e. The number of anilines is 1. The molecule has 1 aromatic carbocycles. The molecule has 2 nitrogen and oxygen atoms in total.